The minimum atomic E-state index is -0.251. The van der Waals surface area contributed by atoms with Crippen LogP contribution in [0.5, 0.6) is 0 Å². The summed E-state index contributed by atoms with van der Waals surface area (Å²) in [6, 6.07) is 0. The summed E-state index contributed by atoms with van der Waals surface area (Å²) in [5.41, 5.74) is 1.23. The van der Waals surface area contributed by atoms with Crippen LogP contribution in [0, 0.1) is 17.3 Å². The minimum Gasteiger partial charge on any atom is -0.381 e. The molecule has 3 fully saturated rings. The largest absolute Gasteiger partial charge is 0.381 e. The Kier molecular flexibility index (Phi) is 4.27. The molecule has 0 radical (unpaired) electrons. The maximum absolute atomic E-state index is 13.3. The number of ether oxygens (including phenoxy) is 1. The molecule has 0 amide bonds. The highest BCUT2D eigenvalue weighted by Gasteiger charge is 2.57. The van der Waals surface area contributed by atoms with E-state index in [9.17, 15) is 9.59 Å². The first-order valence-electron chi connectivity index (χ1n) is 10.7. The Balaban J connectivity index is 1.45. The fourth-order valence-corrected chi connectivity index (χ4v) is 5.60. The number of aryl methyl sites for hydroxylation is 1. The van der Waals surface area contributed by atoms with Gasteiger partial charge in [0.15, 0.2) is 11.2 Å². The molecule has 0 aliphatic heterocycles. The first-order chi connectivity index (χ1) is 13.5. The fourth-order valence-electron chi connectivity index (χ4n) is 5.60. The van der Waals surface area contributed by atoms with E-state index < -0.39 is 0 Å². The van der Waals surface area contributed by atoms with Gasteiger partial charge in [-0.3, -0.25) is 13.9 Å². The van der Waals surface area contributed by atoms with E-state index in [2.05, 4.69) is 4.98 Å². The summed E-state index contributed by atoms with van der Waals surface area (Å²) in [5, 5.41) is 0. The Morgan fingerprint density at radius 3 is 2.54 bits per heavy atom. The molecule has 5 rings (SSSR count). The summed E-state index contributed by atoms with van der Waals surface area (Å²) < 4.78 is 10.4. The summed E-state index contributed by atoms with van der Waals surface area (Å²) in [6.45, 7) is 1.35. The molecule has 28 heavy (non-hydrogen) atoms. The maximum atomic E-state index is 13.3. The van der Waals surface area contributed by atoms with Crippen molar-refractivity contribution in [3.05, 3.63) is 27.2 Å². The topological polar surface area (TPSA) is 71.1 Å². The van der Waals surface area contributed by atoms with Gasteiger partial charge in [0.1, 0.15) is 0 Å². The number of fused-ring (bicyclic) bond motifs is 1. The predicted molar refractivity (Wildman–Crippen MR) is 106 cm³/mol. The lowest BCUT2D eigenvalue weighted by molar-refractivity contribution is 0.0538. The van der Waals surface area contributed by atoms with Crippen molar-refractivity contribution in [1.29, 1.82) is 0 Å². The zero-order valence-electron chi connectivity index (χ0n) is 16.9. The van der Waals surface area contributed by atoms with Crippen LogP contribution in [0.15, 0.2) is 15.9 Å². The van der Waals surface area contributed by atoms with Crippen molar-refractivity contribution in [3.8, 4) is 0 Å². The van der Waals surface area contributed by atoms with Crippen LogP contribution < -0.4 is 11.2 Å². The van der Waals surface area contributed by atoms with Crippen molar-refractivity contribution >= 4 is 11.2 Å². The molecular weight excluding hydrogens is 356 g/mol. The summed E-state index contributed by atoms with van der Waals surface area (Å²) in [4.78, 5) is 30.6. The lowest BCUT2D eigenvalue weighted by Crippen LogP contribution is -2.42. The smallest absolute Gasteiger partial charge is 0.332 e. The number of rotatable bonds is 5. The van der Waals surface area contributed by atoms with Crippen LogP contribution in [0.2, 0.25) is 0 Å². The summed E-state index contributed by atoms with van der Waals surface area (Å²) in [5.74, 6) is 1.01. The van der Waals surface area contributed by atoms with Gasteiger partial charge >= 0.3 is 5.69 Å². The highest BCUT2D eigenvalue weighted by Crippen LogP contribution is 2.66. The van der Waals surface area contributed by atoms with Crippen LogP contribution in [-0.4, -0.2) is 31.9 Å². The summed E-state index contributed by atoms with van der Waals surface area (Å²) in [7, 11) is 3.48. The van der Waals surface area contributed by atoms with Crippen molar-refractivity contribution in [1.82, 2.24) is 18.7 Å². The lowest BCUT2D eigenvalue weighted by Gasteiger charge is -2.28. The molecule has 7 heteroatoms. The number of hydrogen-bond acceptors (Lipinski definition) is 4. The van der Waals surface area contributed by atoms with Gasteiger partial charge in [-0.1, -0.05) is 6.42 Å². The molecular formula is C21H30N4O3. The molecule has 0 bridgehead atoms. The third-order valence-electron chi connectivity index (χ3n) is 7.79. The molecule has 2 heterocycles. The van der Waals surface area contributed by atoms with Crippen LogP contribution >= 0.6 is 0 Å². The van der Waals surface area contributed by atoms with Crippen LogP contribution in [0.3, 0.4) is 0 Å². The number of methoxy groups -OCH3 is 1. The SMILES string of the molecule is COC1CCC(Cn2c(=O)c3c(ncn3CC3CC34CCC4)n(C)c2=O)CC1. The molecule has 3 aliphatic rings. The van der Waals surface area contributed by atoms with Crippen LogP contribution in [0.4, 0.5) is 0 Å². The second-order valence-corrected chi connectivity index (χ2v) is 9.32. The Bertz CT molecular complexity index is 1010. The van der Waals surface area contributed by atoms with E-state index in [1.54, 1.807) is 25.1 Å². The van der Waals surface area contributed by atoms with Gasteiger partial charge in [-0.25, -0.2) is 9.78 Å². The molecule has 3 aliphatic carbocycles. The van der Waals surface area contributed by atoms with Gasteiger partial charge in [-0.2, -0.15) is 0 Å². The Labute approximate surface area is 164 Å². The van der Waals surface area contributed by atoms with E-state index in [4.69, 9.17) is 4.74 Å². The average Bonchev–Trinajstić information content (AvgIpc) is 3.27. The zero-order chi connectivity index (χ0) is 19.5. The molecule has 0 aromatic carbocycles. The number of imidazole rings is 1. The van der Waals surface area contributed by atoms with E-state index in [1.807, 2.05) is 4.57 Å². The van der Waals surface area contributed by atoms with Crippen molar-refractivity contribution in [2.75, 3.05) is 7.11 Å². The molecule has 3 saturated carbocycles. The van der Waals surface area contributed by atoms with Crippen molar-refractivity contribution in [3.63, 3.8) is 0 Å². The highest BCUT2D eigenvalue weighted by molar-refractivity contribution is 5.70. The average molecular weight is 386 g/mol. The van der Waals surface area contributed by atoms with E-state index >= 15 is 0 Å². The standard InChI is InChI=1S/C21H30N4O3/c1-23-18-17(24(13-22-18)12-15-10-21(15)8-3-9-21)19(26)25(20(23)27)11-14-4-6-16(28-2)7-5-14/h13-16H,3-12H2,1-2H3. The predicted octanol–water partition coefficient (Wildman–Crippen LogP) is 2.29. The quantitative estimate of drug-likeness (QED) is 0.790. The molecule has 7 nitrogen and oxygen atoms in total. The Morgan fingerprint density at radius 1 is 1.18 bits per heavy atom. The molecule has 2 aromatic heterocycles. The molecule has 1 atom stereocenters. The Hall–Kier alpha value is -1.89. The van der Waals surface area contributed by atoms with Crippen LogP contribution in [-0.2, 0) is 24.9 Å². The summed E-state index contributed by atoms with van der Waals surface area (Å²) >= 11 is 0. The second-order valence-electron chi connectivity index (χ2n) is 9.32. The first-order valence-corrected chi connectivity index (χ1v) is 10.7. The van der Waals surface area contributed by atoms with E-state index in [1.165, 1.54) is 30.3 Å². The van der Waals surface area contributed by atoms with Gasteiger partial charge < -0.3 is 9.30 Å². The Morgan fingerprint density at radius 2 is 1.93 bits per heavy atom. The van der Waals surface area contributed by atoms with E-state index in [0.29, 0.717) is 41.1 Å². The first kappa shape index (κ1) is 18.2. The third kappa shape index (κ3) is 2.78. The second kappa shape index (κ2) is 6.58. The van der Waals surface area contributed by atoms with Gasteiger partial charge in [0.2, 0.25) is 0 Å². The van der Waals surface area contributed by atoms with Gasteiger partial charge in [0.05, 0.1) is 12.4 Å². The molecule has 1 spiro atoms. The minimum absolute atomic E-state index is 0.173. The van der Waals surface area contributed by atoms with Gasteiger partial charge in [0, 0.05) is 27.2 Å². The third-order valence-corrected chi connectivity index (χ3v) is 7.79. The van der Waals surface area contributed by atoms with Gasteiger partial charge in [-0.15, -0.1) is 0 Å². The van der Waals surface area contributed by atoms with Crippen molar-refractivity contribution in [2.24, 2.45) is 24.3 Å². The molecule has 0 N–H and O–H groups in total. The van der Waals surface area contributed by atoms with Crippen LogP contribution in [0.25, 0.3) is 11.2 Å². The number of aromatic nitrogens is 4. The molecule has 152 valence electrons. The van der Waals surface area contributed by atoms with Crippen molar-refractivity contribution in [2.45, 2.75) is 70.6 Å². The summed E-state index contributed by atoms with van der Waals surface area (Å²) in [6.07, 6.45) is 11.3. The lowest BCUT2D eigenvalue weighted by atomic mass is 9.80. The number of nitrogens with zero attached hydrogens (tertiary/aromatic N) is 4. The van der Waals surface area contributed by atoms with E-state index in [0.717, 1.165) is 32.2 Å². The van der Waals surface area contributed by atoms with Crippen LogP contribution in [0.1, 0.15) is 51.4 Å². The van der Waals surface area contributed by atoms with Gasteiger partial charge in [0.25, 0.3) is 5.56 Å². The molecule has 1 unspecified atom stereocenters. The molecule has 0 saturated heterocycles. The van der Waals surface area contributed by atoms with Crippen molar-refractivity contribution < 1.29 is 4.74 Å². The number of hydrogen-bond donors (Lipinski definition) is 0. The zero-order valence-corrected chi connectivity index (χ0v) is 16.9. The normalized spacial score (nSPS) is 28.6. The van der Waals surface area contributed by atoms with E-state index in [-0.39, 0.29) is 11.2 Å². The van der Waals surface area contributed by atoms with Gasteiger partial charge in [-0.05, 0) is 62.2 Å². The maximum Gasteiger partial charge on any atom is 0.332 e. The monoisotopic (exact) mass is 386 g/mol. The fraction of sp³-hybridized carbons (Fsp3) is 0.762. The molecule has 2 aromatic rings. The highest BCUT2D eigenvalue weighted by atomic mass is 16.5.